The topological polar surface area (TPSA) is 103 Å². The quantitative estimate of drug-likeness (QED) is 0.685. The molecule has 1 atom stereocenters. The van der Waals surface area contributed by atoms with Crippen LogP contribution in [-0.2, 0) is 20.7 Å². The first-order valence-corrected chi connectivity index (χ1v) is 10.00. The van der Waals surface area contributed by atoms with E-state index in [0.717, 1.165) is 11.1 Å². The van der Waals surface area contributed by atoms with Crippen molar-refractivity contribution in [1.82, 2.24) is 4.90 Å². The molecule has 0 aromatic heterocycles. The highest BCUT2D eigenvalue weighted by molar-refractivity contribution is 6.01. The second-order valence-electron chi connectivity index (χ2n) is 7.11. The van der Waals surface area contributed by atoms with Gasteiger partial charge in [0.15, 0.2) is 11.5 Å². The molecule has 0 saturated carbocycles. The van der Waals surface area contributed by atoms with E-state index >= 15 is 0 Å². The Kier molecular flexibility index (Phi) is 7.19. The minimum atomic E-state index is -0.587. The molecule has 1 heterocycles. The van der Waals surface area contributed by atoms with Crippen LogP contribution in [-0.4, -0.2) is 57.9 Å². The summed E-state index contributed by atoms with van der Waals surface area (Å²) in [6.45, 7) is 0.358. The molecular weight excluding hydrogens is 416 g/mol. The smallest absolute Gasteiger partial charge is 0.339 e. The number of anilines is 1. The Morgan fingerprint density at radius 1 is 1.00 bits per heavy atom. The standard InChI is InChI=1S/C23H26N2O7/c1-29-19-11-14-9-10-25(18(13-21(26)31-3)16(14)12-20(19)30-2)23(28)24-17-8-6-5-7-15(17)22(27)32-4/h5-8,11-12,18H,9-10,13H2,1-4H3,(H,24,28)/t18-/m1/s1. The van der Waals surface area contributed by atoms with Gasteiger partial charge in [-0.3, -0.25) is 4.79 Å². The maximum Gasteiger partial charge on any atom is 0.339 e. The third-order valence-electron chi connectivity index (χ3n) is 5.43. The van der Waals surface area contributed by atoms with E-state index in [2.05, 4.69) is 5.32 Å². The number of nitrogens with zero attached hydrogens (tertiary/aromatic N) is 1. The summed E-state index contributed by atoms with van der Waals surface area (Å²) in [4.78, 5) is 39.0. The zero-order valence-electron chi connectivity index (χ0n) is 18.5. The van der Waals surface area contributed by atoms with Gasteiger partial charge in [0, 0.05) is 6.54 Å². The molecule has 2 amide bonds. The number of amides is 2. The van der Waals surface area contributed by atoms with Gasteiger partial charge >= 0.3 is 18.0 Å². The second kappa shape index (κ2) is 10.0. The van der Waals surface area contributed by atoms with Gasteiger partial charge in [-0.25, -0.2) is 9.59 Å². The Bertz CT molecular complexity index is 1020. The van der Waals surface area contributed by atoms with E-state index in [0.29, 0.717) is 30.2 Å². The molecule has 0 saturated heterocycles. The van der Waals surface area contributed by atoms with E-state index in [1.54, 1.807) is 42.3 Å². The first-order valence-electron chi connectivity index (χ1n) is 10.00. The molecule has 2 aromatic carbocycles. The fourth-order valence-corrected chi connectivity index (χ4v) is 3.80. The molecule has 0 bridgehead atoms. The largest absolute Gasteiger partial charge is 0.493 e. The number of ether oxygens (including phenoxy) is 4. The van der Waals surface area contributed by atoms with Gasteiger partial charge in [0.05, 0.1) is 52.2 Å². The molecule has 170 valence electrons. The first-order chi connectivity index (χ1) is 15.4. The van der Waals surface area contributed by atoms with Gasteiger partial charge in [0.1, 0.15) is 0 Å². The summed E-state index contributed by atoms with van der Waals surface area (Å²) in [7, 11) is 5.66. The normalized spacial score (nSPS) is 14.8. The van der Waals surface area contributed by atoms with E-state index in [1.807, 2.05) is 6.07 Å². The third kappa shape index (κ3) is 4.61. The number of carbonyl (C=O) groups excluding carboxylic acids is 3. The highest BCUT2D eigenvalue weighted by Gasteiger charge is 2.34. The molecule has 9 nitrogen and oxygen atoms in total. The first kappa shape index (κ1) is 22.9. The van der Waals surface area contributed by atoms with Gasteiger partial charge in [-0.05, 0) is 41.8 Å². The van der Waals surface area contributed by atoms with Crippen LogP contribution < -0.4 is 14.8 Å². The average Bonchev–Trinajstić information content (AvgIpc) is 2.82. The van der Waals surface area contributed by atoms with Gasteiger partial charge in [-0.1, -0.05) is 12.1 Å². The number of hydrogen-bond donors (Lipinski definition) is 1. The zero-order valence-corrected chi connectivity index (χ0v) is 18.5. The van der Waals surface area contributed by atoms with E-state index in [9.17, 15) is 14.4 Å². The molecule has 3 rings (SSSR count). The molecule has 0 unspecified atom stereocenters. The molecule has 1 aliphatic heterocycles. The minimum Gasteiger partial charge on any atom is -0.493 e. The van der Waals surface area contributed by atoms with Crippen molar-refractivity contribution in [2.75, 3.05) is 40.3 Å². The summed E-state index contributed by atoms with van der Waals surface area (Å²) in [6.07, 6.45) is 0.518. The van der Waals surface area contributed by atoms with Crippen LogP contribution in [0.1, 0.15) is 33.9 Å². The summed E-state index contributed by atoms with van der Waals surface area (Å²) >= 11 is 0. The molecule has 0 radical (unpaired) electrons. The number of para-hydroxylation sites is 1. The minimum absolute atomic E-state index is 0.0367. The number of hydrogen-bond acceptors (Lipinski definition) is 7. The number of nitrogens with one attached hydrogen (secondary N) is 1. The van der Waals surface area contributed by atoms with Gasteiger partial charge in [0.25, 0.3) is 0 Å². The molecule has 0 fully saturated rings. The van der Waals surface area contributed by atoms with E-state index in [-0.39, 0.29) is 12.0 Å². The van der Waals surface area contributed by atoms with E-state index in [4.69, 9.17) is 18.9 Å². The number of fused-ring (bicyclic) bond motifs is 1. The Hall–Kier alpha value is -3.75. The van der Waals surface area contributed by atoms with E-state index < -0.39 is 24.0 Å². The predicted molar refractivity (Wildman–Crippen MR) is 116 cm³/mol. The van der Waals surface area contributed by atoms with E-state index in [1.165, 1.54) is 21.3 Å². The fourth-order valence-electron chi connectivity index (χ4n) is 3.80. The fraction of sp³-hybridized carbons (Fsp3) is 0.348. The average molecular weight is 442 g/mol. The highest BCUT2D eigenvalue weighted by atomic mass is 16.5. The van der Waals surface area contributed by atoms with Gasteiger partial charge in [-0.15, -0.1) is 0 Å². The van der Waals surface area contributed by atoms with Crippen molar-refractivity contribution in [2.45, 2.75) is 18.9 Å². The SMILES string of the molecule is COC(=O)C[C@@H]1c2cc(OC)c(OC)cc2CCN1C(=O)Nc1ccccc1C(=O)OC. The maximum absolute atomic E-state index is 13.3. The molecule has 32 heavy (non-hydrogen) atoms. The van der Waals surface area contributed by atoms with Crippen molar-refractivity contribution >= 4 is 23.7 Å². The summed E-state index contributed by atoms with van der Waals surface area (Å²) < 4.78 is 20.5. The number of rotatable bonds is 6. The predicted octanol–water partition coefficient (Wildman–Crippen LogP) is 3.18. The molecule has 2 aromatic rings. The molecule has 1 N–H and O–H groups in total. The molecular formula is C23H26N2O7. The van der Waals surface area contributed by atoms with Gasteiger partial charge in [-0.2, -0.15) is 0 Å². The van der Waals surface area contributed by atoms with Crippen LogP contribution in [0.2, 0.25) is 0 Å². The van der Waals surface area contributed by atoms with Crippen molar-refractivity contribution in [2.24, 2.45) is 0 Å². The Balaban J connectivity index is 1.96. The lowest BCUT2D eigenvalue weighted by Crippen LogP contribution is -2.43. The van der Waals surface area contributed by atoms with Crippen LogP contribution in [0.3, 0.4) is 0 Å². The number of urea groups is 1. The zero-order chi connectivity index (χ0) is 23.3. The Morgan fingerprint density at radius 3 is 2.34 bits per heavy atom. The maximum atomic E-state index is 13.3. The van der Waals surface area contributed by atoms with Crippen LogP contribution in [0.4, 0.5) is 10.5 Å². The van der Waals surface area contributed by atoms with Crippen molar-refractivity contribution < 1.29 is 33.3 Å². The molecule has 9 heteroatoms. The van der Waals surface area contributed by atoms with Crippen LogP contribution in [0.5, 0.6) is 11.5 Å². The Labute approximate surface area is 186 Å². The Morgan fingerprint density at radius 2 is 1.69 bits per heavy atom. The lowest BCUT2D eigenvalue weighted by Gasteiger charge is -2.37. The van der Waals surface area contributed by atoms with Crippen molar-refractivity contribution in [3.8, 4) is 11.5 Å². The molecule has 0 aliphatic carbocycles. The van der Waals surface area contributed by atoms with Crippen molar-refractivity contribution in [3.63, 3.8) is 0 Å². The summed E-state index contributed by atoms with van der Waals surface area (Å²) in [5, 5.41) is 2.78. The number of esters is 2. The van der Waals surface area contributed by atoms with Gasteiger partial charge < -0.3 is 29.2 Å². The lowest BCUT2D eigenvalue weighted by atomic mass is 9.90. The lowest BCUT2D eigenvalue weighted by molar-refractivity contribution is -0.141. The monoisotopic (exact) mass is 442 g/mol. The third-order valence-corrected chi connectivity index (χ3v) is 5.43. The second-order valence-corrected chi connectivity index (χ2v) is 7.11. The molecule has 1 aliphatic rings. The molecule has 0 spiro atoms. The van der Waals surface area contributed by atoms with Crippen LogP contribution in [0.25, 0.3) is 0 Å². The van der Waals surface area contributed by atoms with Crippen molar-refractivity contribution in [3.05, 3.63) is 53.1 Å². The van der Waals surface area contributed by atoms with Crippen molar-refractivity contribution in [1.29, 1.82) is 0 Å². The van der Waals surface area contributed by atoms with Crippen LogP contribution in [0.15, 0.2) is 36.4 Å². The number of benzene rings is 2. The highest BCUT2D eigenvalue weighted by Crippen LogP contribution is 2.40. The summed E-state index contributed by atoms with van der Waals surface area (Å²) in [6, 6.07) is 9.17. The summed E-state index contributed by atoms with van der Waals surface area (Å²) in [5.41, 5.74) is 2.28. The van der Waals surface area contributed by atoms with Crippen LogP contribution in [0, 0.1) is 0 Å². The number of methoxy groups -OCH3 is 4. The van der Waals surface area contributed by atoms with Crippen LogP contribution >= 0.6 is 0 Å². The number of carbonyl (C=O) groups is 3. The van der Waals surface area contributed by atoms with Gasteiger partial charge in [0.2, 0.25) is 0 Å². The summed E-state index contributed by atoms with van der Waals surface area (Å²) in [5.74, 6) is 0.0608.